The molecule has 0 saturated carbocycles. The van der Waals surface area contributed by atoms with Crippen LogP contribution in [0.2, 0.25) is 0 Å². The molecule has 0 spiro atoms. The topological polar surface area (TPSA) is 80.3 Å². The Kier molecular flexibility index (Phi) is 41.1. The number of hydrogen-bond donors (Lipinski definition) is 0. The van der Waals surface area contributed by atoms with Crippen LogP contribution in [0.25, 0.3) is 0 Å². The fourth-order valence-corrected chi connectivity index (χ4v) is 4.21. The van der Waals surface area contributed by atoms with E-state index in [1.807, 2.05) is 0 Å². The van der Waals surface area contributed by atoms with E-state index in [0.717, 1.165) is 37.8 Å². The molecule has 0 aliphatic carbocycles. The van der Waals surface area contributed by atoms with Crippen molar-refractivity contribution in [2.24, 2.45) is 0 Å². The molecular formula is C32H58MgO4. The Hall–Kier alpha value is -0.814. The van der Waals surface area contributed by atoms with Crippen molar-refractivity contribution in [3.8, 4) is 0 Å². The first kappa shape index (κ1) is 40.7. The Morgan fingerprint density at radius 1 is 0.432 bits per heavy atom. The number of hydrogen-bond acceptors (Lipinski definition) is 4. The van der Waals surface area contributed by atoms with E-state index in [4.69, 9.17) is 0 Å². The smallest absolute Gasteiger partial charge is 0.545 e. The fraction of sp³-hybridized carbons (Fsp3) is 0.812. The summed E-state index contributed by atoms with van der Waals surface area (Å²) in [4.78, 5) is 20.2. The molecule has 0 saturated heterocycles. The van der Waals surface area contributed by atoms with Crippen molar-refractivity contribution in [1.29, 1.82) is 0 Å². The van der Waals surface area contributed by atoms with E-state index >= 15 is 0 Å². The summed E-state index contributed by atoms with van der Waals surface area (Å²) in [6.07, 6.45) is 36.6. The van der Waals surface area contributed by atoms with Crippen LogP contribution in [0.4, 0.5) is 0 Å². The number of carboxylic acids is 2. The van der Waals surface area contributed by atoms with E-state index in [1.165, 1.54) is 128 Å². The van der Waals surface area contributed by atoms with Crippen LogP contribution < -0.4 is 10.2 Å². The molecule has 0 aromatic carbocycles. The van der Waals surface area contributed by atoms with Crippen LogP contribution in [0.15, 0.2) is 24.3 Å². The first-order valence-electron chi connectivity index (χ1n) is 15.3. The molecule has 0 fully saturated rings. The van der Waals surface area contributed by atoms with E-state index in [1.54, 1.807) is 12.2 Å². The zero-order valence-electron chi connectivity index (χ0n) is 24.6. The number of unbranched alkanes of at least 4 members (excludes halogenated alkanes) is 22. The molecule has 0 unspecified atom stereocenters. The van der Waals surface area contributed by atoms with Crippen LogP contribution in [0.3, 0.4) is 0 Å². The number of aliphatic carboxylic acids is 2. The summed E-state index contributed by atoms with van der Waals surface area (Å²) in [5.74, 6) is -2.17. The summed E-state index contributed by atoms with van der Waals surface area (Å²) >= 11 is 0. The Balaban J connectivity index is -0.000000608. The van der Waals surface area contributed by atoms with Gasteiger partial charge < -0.3 is 19.8 Å². The fourth-order valence-electron chi connectivity index (χ4n) is 4.21. The number of rotatable bonds is 26. The molecule has 0 heterocycles. The van der Waals surface area contributed by atoms with Gasteiger partial charge in [-0.05, 0) is 37.8 Å². The first-order valence-corrected chi connectivity index (χ1v) is 15.3. The van der Waals surface area contributed by atoms with Crippen molar-refractivity contribution in [2.75, 3.05) is 0 Å². The average Bonchev–Trinajstić information content (AvgIpc) is 2.85. The minimum atomic E-state index is -1.09. The largest absolute Gasteiger partial charge is 2.00 e. The molecule has 0 N–H and O–H groups in total. The monoisotopic (exact) mass is 530 g/mol. The molecule has 0 aliphatic heterocycles. The van der Waals surface area contributed by atoms with Crippen LogP contribution >= 0.6 is 0 Å². The van der Waals surface area contributed by atoms with E-state index < -0.39 is 11.9 Å². The van der Waals surface area contributed by atoms with Gasteiger partial charge in [-0.1, -0.05) is 154 Å². The third kappa shape index (κ3) is 45.5. The maximum Gasteiger partial charge on any atom is 2.00 e. The Labute approximate surface area is 246 Å². The molecule has 0 radical (unpaired) electrons. The maximum absolute atomic E-state index is 10.1. The van der Waals surface area contributed by atoms with E-state index in [0.29, 0.717) is 0 Å². The molecule has 0 amide bonds. The van der Waals surface area contributed by atoms with Gasteiger partial charge in [0.15, 0.2) is 0 Å². The molecule has 0 rings (SSSR count). The number of carbonyl (C=O) groups excluding carboxylic acids is 2. The predicted molar refractivity (Wildman–Crippen MR) is 156 cm³/mol. The van der Waals surface area contributed by atoms with Crippen LogP contribution in [-0.4, -0.2) is 35.0 Å². The van der Waals surface area contributed by atoms with Crippen molar-refractivity contribution in [3.63, 3.8) is 0 Å². The Morgan fingerprint density at radius 3 is 0.865 bits per heavy atom. The molecule has 5 heteroatoms. The molecule has 4 nitrogen and oxygen atoms in total. The van der Waals surface area contributed by atoms with Gasteiger partial charge in [-0.2, -0.15) is 0 Å². The third-order valence-corrected chi connectivity index (χ3v) is 6.46. The minimum Gasteiger partial charge on any atom is -0.545 e. The zero-order valence-corrected chi connectivity index (χ0v) is 26.0. The van der Waals surface area contributed by atoms with E-state index in [2.05, 4.69) is 13.8 Å². The minimum absolute atomic E-state index is 0. The summed E-state index contributed by atoms with van der Waals surface area (Å²) in [5.41, 5.74) is 0. The maximum atomic E-state index is 10.1. The van der Waals surface area contributed by atoms with Gasteiger partial charge in [-0.15, -0.1) is 0 Å². The number of carboxylic acid groups (broad SMARTS) is 2. The predicted octanol–water partition coefficient (Wildman–Crippen LogP) is 7.61. The van der Waals surface area contributed by atoms with Crippen LogP contribution in [0.5, 0.6) is 0 Å². The Bertz CT molecular complexity index is 471. The van der Waals surface area contributed by atoms with Gasteiger partial charge in [0.2, 0.25) is 0 Å². The molecule has 37 heavy (non-hydrogen) atoms. The van der Waals surface area contributed by atoms with Crippen molar-refractivity contribution < 1.29 is 19.8 Å². The van der Waals surface area contributed by atoms with Crippen LogP contribution in [0, 0.1) is 0 Å². The van der Waals surface area contributed by atoms with E-state index in [9.17, 15) is 19.8 Å². The molecule has 212 valence electrons. The second-order valence-electron chi connectivity index (χ2n) is 10.1. The van der Waals surface area contributed by atoms with E-state index in [-0.39, 0.29) is 23.1 Å². The quantitative estimate of drug-likeness (QED) is 0.0654. The molecule has 0 atom stereocenters. The van der Waals surface area contributed by atoms with Crippen molar-refractivity contribution >= 4 is 35.0 Å². The second-order valence-corrected chi connectivity index (χ2v) is 10.1. The molecule has 0 aromatic heterocycles. The van der Waals surface area contributed by atoms with Gasteiger partial charge in [0.1, 0.15) is 0 Å². The summed E-state index contributed by atoms with van der Waals surface area (Å²) in [6.45, 7) is 4.50. The summed E-state index contributed by atoms with van der Waals surface area (Å²) in [6, 6.07) is 0. The van der Waals surface area contributed by atoms with Crippen LogP contribution in [0.1, 0.15) is 168 Å². The van der Waals surface area contributed by atoms with Crippen molar-refractivity contribution in [2.45, 2.75) is 168 Å². The first-order chi connectivity index (χ1) is 17.5. The van der Waals surface area contributed by atoms with Crippen molar-refractivity contribution in [3.05, 3.63) is 24.3 Å². The van der Waals surface area contributed by atoms with Crippen molar-refractivity contribution in [1.82, 2.24) is 0 Å². The van der Waals surface area contributed by atoms with Gasteiger partial charge in [-0.3, -0.25) is 0 Å². The standard InChI is InChI=1S/2C16H30O2.Mg/c2*1-2-3-4-5-6-7-8-9-10-11-12-13-14-15-16(17)18;/h2*14-15H,2-13H2,1H3,(H,17,18);/q;;+2/p-2. The van der Waals surface area contributed by atoms with Gasteiger partial charge in [0, 0.05) is 0 Å². The second kappa shape index (κ2) is 37.3. The number of carbonyl (C=O) groups is 2. The molecule has 0 aliphatic rings. The van der Waals surface area contributed by atoms with Gasteiger partial charge in [0.05, 0.1) is 11.9 Å². The van der Waals surface area contributed by atoms with Gasteiger partial charge in [0.25, 0.3) is 0 Å². The Morgan fingerprint density at radius 2 is 0.649 bits per heavy atom. The molecule has 0 bridgehead atoms. The normalized spacial score (nSPS) is 10.9. The van der Waals surface area contributed by atoms with Gasteiger partial charge in [-0.25, -0.2) is 0 Å². The molecule has 0 aromatic rings. The average molecular weight is 531 g/mol. The van der Waals surface area contributed by atoms with Crippen LogP contribution in [-0.2, 0) is 9.59 Å². The summed E-state index contributed by atoms with van der Waals surface area (Å²) in [7, 11) is 0. The summed E-state index contributed by atoms with van der Waals surface area (Å²) in [5, 5.41) is 20.2. The molecular weight excluding hydrogens is 473 g/mol. The summed E-state index contributed by atoms with van der Waals surface area (Å²) < 4.78 is 0. The zero-order chi connectivity index (χ0) is 27.0. The SMILES string of the molecule is CCCCCCCCCCCCCC=CC(=O)[O-].CCCCCCCCCCCCCC=CC(=O)[O-].[Mg+2]. The van der Waals surface area contributed by atoms with Gasteiger partial charge >= 0.3 is 23.1 Å². The number of allylic oxidation sites excluding steroid dienone is 2. The third-order valence-electron chi connectivity index (χ3n) is 6.46.